The molecule has 3 N–H and O–H groups in total. The van der Waals surface area contributed by atoms with Crippen LogP contribution >= 0.6 is 0 Å². The van der Waals surface area contributed by atoms with Crippen molar-refractivity contribution in [3.8, 4) is 11.3 Å². The lowest BCUT2D eigenvalue weighted by molar-refractivity contribution is -0.118. The van der Waals surface area contributed by atoms with Gasteiger partial charge in [0.15, 0.2) is 0 Å². The highest BCUT2D eigenvalue weighted by Gasteiger charge is 2.33. The quantitative estimate of drug-likeness (QED) is 0.278. The van der Waals surface area contributed by atoms with Gasteiger partial charge in [0.2, 0.25) is 5.91 Å². The number of halogens is 1. The standard InChI is InChI=1S/C30H25FN6O3/c1-37-25(14-15-34-37)29(39)36-28(27(19-8-4-2-5-9-19)20-10-6-3-7-11-20)30(40)35-21-12-13-22(23(31)16-21)24-17-26(38)33-18-32-24/h2-18,27-28H,1H3,(H,35,40)(H,36,39)(H,32,33,38)/t28-/m0/s1. The van der Waals surface area contributed by atoms with Gasteiger partial charge in [-0.15, -0.1) is 0 Å². The van der Waals surface area contributed by atoms with Crippen molar-refractivity contribution < 1.29 is 14.0 Å². The highest BCUT2D eigenvalue weighted by molar-refractivity contribution is 6.01. The third-order valence-corrected chi connectivity index (χ3v) is 6.46. The second-order valence-corrected chi connectivity index (χ2v) is 9.07. The Kier molecular flexibility index (Phi) is 7.58. The molecule has 2 aromatic heterocycles. The summed E-state index contributed by atoms with van der Waals surface area (Å²) in [4.78, 5) is 45.2. The van der Waals surface area contributed by atoms with Gasteiger partial charge in [0.25, 0.3) is 11.5 Å². The molecule has 0 unspecified atom stereocenters. The zero-order valence-electron chi connectivity index (χ0n) is 21.4. The van der Waals surface area contributed by atoms with E-state index >= 15 is 4.39 Å². The van der Waals surface area contributed by atoms with Gasteiger partial charge in [0.1, 0.15) is 17.6 Å². The van der Waals surface area contributed by atoms with Crippen LogP contribution in [0.25, 0.3) is 11.3 Å². The molecule has 10 heteroatoms. The maximum Gasteiger partial charge on any atom is 0.270 e. The van der Waals surface area contributed by atoms with Crippen molar-refractivity contribution in [2.75, 3.05) is 5.32 Å². The van der Waals surface area contributed by atoms with Crippen LogP contribution in [0.5, 0.6) is 0 Å². The van der Waals surface area contributed by atoms with Gasteiger partial charge in [-0.1, -0.05) is 60.7 Å². The number of carbonyl (C=O) groups excluding carboxylic acids is 2. The summed E-state index contributed by atoms with van der Waals surface area (Å²) < 4.78 is 16.5. The van der Waals surface area contributed by atoms with Gasteiger partial charge >= 0.3 is 0 Å². The Morgan fingerprint density at radius 2 is 1.60 bits per heavy atom. The molecular weight excluding hydrogens is 511 g/mol. The number of benzene rings is 3. The molecule has 5 aromatic rings. The zero-order chi connectivity index (χ0) is 28.1. The smallest absolute Gasteiger partial charge is 0.270 e. The van der Waals surface area contributed by atoms with E-state index in [-0.39, 0.29) is 22.6 Å². The van der Waals surface area contributed by atoms with Crippen molar-refractivity contribution in [2.24, 2.45) is 7.05 Å². The second-order valence-electron chi connectivity index (χ2n) is 9.07. The number of aryl methyl sites for hydroxylation is 1. The first kappa shape index (κ1) is 26.2. The average Bonchev–Trinajstić information content (AvgIpc) is 3.40. The maximum absolute atomic E-state index is 15.1. The Bertz CT molecular complexity index is 1660. The fourth-order valence-corrected chi connectivity index (χ4v) is 4.55. The van der Waals surface area contributed by atoms with Crippen LogP contribution in [-0.2, 0) is 11.8 Å². The van der Waals surface area contributed by atoms with E-state index in [1.807, 2.05) is 60.7 Å². The summed E-state index contributed by atoms with van der Waals surface area (Å²) in [5, 5.41) is 9.69. The van der Waals surface area contributed by atoms with Crippen LogP contribution in [0.4, 0.5) is 10.1 Å². The molecule has 2 amide bonds. The predicted molar refractivity (Wildman–Crippen MR) is 148 cm³/mol. The molecule has 40 heavy (non-hydrogen) atoms. The van der Waals surface area contributed by atoms with Crippen molar-refractivity contribution in [3.05, 3.63) is 137 Å². The Balaban J connectivity index is 1.51. The van der Waals surface area contributed by atoms with E-state index in [1.165, 1.54) is 35.4 Å². The largest absolute Gasteiger partial charge is 0.338 e. The van der Waals surface area contributed by atoms with Crippen LogP contribution in [0.15, 0.2) is 108 Å². The molecule has 0 bridgehead atoms. The van der Waals surface area contributed by atoms with Crippen LogP contribution in [0.1, 0.15) is 27.5 Å². The van der Waals surface area contributed by atoms with Crippen LogP contribution in [0, 0.1) is 5.82 Å². The second kappa shape index (κ2) is 11.6. The van der Waals surface area contributed by atoms with Gasteiger partial charge in [-0.05, 0) is 35.4 Å². The number of anilines is 1. The molecule has 0 saturated heterocycles. The number of aromatic amines is 1. The first-order valence-corrected chi connectivity index (χ1v) is 12.4. The zero-order valence-corrected chi connectivity index (χ0v) is 21.4. The first-order chi connectivity index (χ1) is 19.4. The molecule has 5 rings (SSSR count). The van der Waals surface area contributed by atoms with E-state index in [2.05, 4.69) is 25.7 Å². The van der Waals surface area contributed by atoms with Crippen LogP contribution < -0.4 is 16.2 Å². The van der Waals surface area contributed by atoms with Gasteiger partial charge in [-0.2, -0.15) is 5.10 Å². The minimum Gasteiger partial charge on any atom is -0.338 e. The van der Waals surface area contributed by atoms with Gasteiger partial charge in [0, 0.05) is 36.5 Å². The number of amides is 2. The van der Waals surface area contributed by atoms with Gasteiger partial charge in [-0.25, -0.2) is 9.37 Å². The molecule has 200 valence electrons. The number of H-pyrrole nitrogens is 1. The molecule has 0 spiro atoms. The van der Waals surface area contributed by atoms with E-state index in [0.29, 0.717) is 0 Å². The molecule has 1 atom stereocenters. The van der Waals surface area contributed by atoms with Gasteiger partial charge in [0.05, 0.1) is 12.0 Å². The number of carbonyl (C=O) groups is 2. The molecule has 2 heterocycles. The first-order valence-electron chi connectivity index (χ1n) is 12.4. The van der Waals surface area contributed by atoms with E-state index in [0.717, 1.165) is 17.2 Å². The van der Waals surface area contributed by atoms with E-state index in [9.17, 15) is 14.4 Å². The fourth-order valence-electron chi connectivity index (χ4n) is 4.55. The number of hydrogen-bond donors (Lipinski definition) is 3. The number of nitrogens with one attached hydrogen (secondary N) is 3. The minimum atomic E-state index is -1.08. The van der Waals surface area contributed by atoms with E-state index < -0.39 is 35.2 Å². The summed E-state index contributed by atoms with van der Waals surface area (Å²) in [6, 6.07) is 24.5. The Morgan fingerprint density at radius 3 is 2.17 bits per heavy atom. The van der Waals surface area contributed by atoms with Gasteiger partial charge in [-0.3, -0.25) is 19.1 Å². The lowest BCUT2D eigenvalue weighted by Gasteiger charge is -2.28. The molecule has 0 aliphatic heterocycles. The molecule has 0 fully saturated rings. The van der Waals surface area contributed by atoms with E-state index in [1.54, 1.807) is 13.1 Å². The average molecular weight is 537 g/mol. The number of hydrogen-bond acceptors (Lipinski definition) is 5. The monoisotopic (exact) mass is 536 g/mol. The topological polar surface area (TPSA) is 122 Å². The Morgan fingerprint density at radius 1 is 0.925 bits per heavy atom. The van der Waals surface area contributed by atoms with Gasteiger partial charge < -0.3 is 15.6 Å². The molecule has 0 radical (unpaired) electrons. The third-order valence-electron chi connectivity index (χ3n) is 6.46. The molecular formula is C30H25FN6O3. The van der Waals surface area contributed by atoms with Crippen molar-refractivity contribution in [2.45, 2.75) is 12.0 Å². The normalized spacial score (nSPS) is 11.7. The molecule has 9 nitrogen and oxygen atoms in total. The minimum absolute atomic E-state index is 0.108. The van der Waals surface area contributed by atoms with Crippen molar-refractivity contribution in [1.82, 2.24) is 25.1 Å². The van der Waals surface area contributed by atoms with Crippen molar-refractivity contribution in [3.63, 3.8) is 0 Å². The number of aromatic nitrogens is 4. The molecule has 3 aromatic carbocycles. The lowest BCUT2D eigenvalue weighted by atomic mass is 9.84. The molecule has 0 aliphatic carbocycles. The van der Waals surface area contributed by atoms with Crippen LogP contribution in [0.3, 0.4) is 0 Å². The van der Waals surface area contributed by atoms with Crippen molar-refractivity contribution in [1.29, 1.82) is 0 Å². The molecule has 0 aliphatic rings. The Labute approximate surface area is 228 Å². The highest BCUT2D eigenvalue weighted by atomic mass is 19.1. The van der Waals surface area contributed by atoms with E-state index in [4.69, 9.17) is 0 Å². The molecule has 0 saturated carbocycles. The lowest BCUT2D eigenvalue weighted by Crippen LogP contribution is -2.48. The van der Waals surface area contributed by atoms with Crippen LogP contribution in [-0.4, -0.2) is 37.6 Å². The third kappa shape index (κ3) is 5.70. The summed E-state index contributed by atoms with van der Waals surface area (Å²) in [5.41, 5.74) is 1.92. The summed E-state index contributed by atoms with van der Waals surface area (Å²) in [5.74, 6) is -2.27. The Hall–Kier alpha value is -5.38. The summed E-state index contributed by atoms with van der Waals surface area (Å²) in [6.07, 6.45) is 2.69. The summed E-state index contributed by atoms with van der Waals surface area (Å²) >= 11 is 0. The summed E-state index contributed by atoms with van der Waals surface area (Å²) in [7, 11) is 1.63. The predicted octanol–water partition coefficient (Wildman–Crippen LogP) is 3.88. The SMILES string of the molecule is Cn1nccc1C(=O)N[C@H](C(=O)Nc1ccc(-c2cc(=O)[nH]cn2)c(F)c1)C(c1ccccc1)c1ccccc1. The number of nitrogens with zero attached hydrogens (tertiary/aromatic N) is 3. The maximum atomic E-state index is 15.1. The highest BCUT2D eigenvalue weighted by Crippen LogP contribution is 2.30. The summed E-state index contributed by atoms with van der Waals surface area (Å²) in [6.45, 7) is 0. The van der Waals surface area contributed by atoms with Crippen LogP contribution in [0.2, 0.25) is 0 Å². The number of rotatable bonds is 8. The fraction of sp³-hybridized carbons (Fsp3) is 0.100. The van der Waals surface area contributed by atoms with Crippen molar-refractivity contribution >= 4 is 17.5 Å².